The van der Waals surface area contributed by atoms with E-state index >= 15 is 0 Å². The number of carbonyl (C=O) groups is 2. The number of nitrogens with one attached hydrogen (secondary N) is 1. The summed E-state index contributed by atoms with van der Waals surface area (Å²) in [6, 6.07) is -0.470. The Labute approximate surface area is 101 Å². The average Bonchev–Trinajstić information content (AvgIpc) is 2.44. The number of hydrogen-bond donors (Lipinski definition) is 3. The molecule has 0 aliphatic heterocycles. The highest BCUT2D eigenvalue weighted by Crippen LogP contribution is 2.26. The highest BCUT2D eigenvalue weighted by molar-refractivity contribution is 5.77. The number of carbonyl (C=O) groups excluding carboxylic acids is 2. The molecule has 1 saturated carbocycles. The first kappa shape index (κ1) is 13.8. The Morgan fingerprint density at radius 1 is 1.35 bits per heavy atom. The maximum atomic E-state index is 11.5. The topological polar surface area (TPSA) is 102 Å². The number of aliphatic hydroxyl groups excluding tert-OH is 1. The highest BCUT2D eigenvalue weighted by atomic mass is 16.6. The van der Waals surface area contributed by atoms with Crippen LogP contribution in [0.25, 0.3) is 0 Å². The van der Waals surface area contributed by atoms with Gasteiger partial charge in [-0.05, 0) is 33.6 Å². The highest BCUT2D eigenvalue weighted by Gasteiger charge is 2.37. The number of rotatable bonds is 2. The van der Waals surface area contributed by atoms with Crippen LogP contribution in [-0.4, -0.2) is 34.9 Å². The summed E-state index contributed by atoms with van der Waals surface area (Å²) in [7, 11) is 0. The van der Waals surface area contributed by atoms with Crippen molar-refractivity contribution in [3.8, 4) is 0 Å². The molecule has 1 aliphatic rings. The van der Waals surface area contributed by atoms with E-state index < -0.39 is 29.7 Å². The lowest BCUT2D eigenvalue weighted by molar-refractivity contribution is -0.121. The molecule has 3 atom stereocenters. The zero-order chi connectivity index (χ0) is 13.2. The van der Waals surface area contributed by atoms with Gasteiger partial charge in [-0.1, -0.05) is 0 Å². The lowest BCUT2D eigenvalue weighted by Crippen LogP contribution is -2.42. The van der Waals surface area contributed by atoms with Crippen molar-refractivity contribution < 1.29 is 19.4 Å². The molecule has 98 valence electrons. The minimum atomic E-state index is -0.750. The number of aliphatic hydroxyl groups is 1. The van der Waals surface area contributed by atoms with Crippen LogP contribution in [0.1, 0.15) is 33.6 Å². The number of nitrogens with two attached hydrogens (primary N) is 1. The van der Waals surface area contributed by atoms with Crippen LogP contribution in [0.3, 0.4) is 0 Å². The molecule has 0 radical (unpaired) electrons. The van der Waals surface area contributed by atoms with Crippen molar-refractivity contribution in [2.24, 2.45) is 11.7 Å². The maximum absolute atomic E-state index is 11.5. The summed E-state index contributed by atoms with van der Waals surface area (Å²) in [5.41, 5.74) is 4.57. The Morgan fingerprint density at radius 3 is 2.35 bits per heavy atom. The van der Waals surface area contributed by atoms with Crippen molar-refractivity contribution in [3.05, 3.63) is 0 Å². The summed E-state index contributed by atoms with van der Waals surface area (Å²) in [5.74, 6) is -0.831. The molecule has 0 bridgehead atoms. The van der Waals surface area contributed by atoms with Crippen LogP contribution >= 0.6 is 0 Å². The van der Waals surface area contributed by atoms with E-state index in [1.165, 1.54) is 0 Å². The first-order chi connectivity index (χ1) is 7.69. The molecular formula is C11H20N2O4. The second kappa shape index (κ2) is 4.91. The van der Waals surface area contributed by atoms with E-state index in [4.69, 9.17) is 10.5 Å². The van der Waals surface area contributed by atoms with Crippen molar-refractivity contribution in [2.75, 3.05) is 0 Å². The summed E-state index contributed by atoms with van der Waals surface area (Å²) in [4.78, 5) is 22.5. The number of hydrogen-bond acceptors (Lipinski definition) is 4. The summed E-state index contributed by atoms with van der Waals surface area (Å²) >= 11 is 0. The van der Waals surface area contributed by atoms with E-state index in [2.05, 4.69) is 5.32 Å². The van der Waals surface area contributed by atoms with Gasteiger partial charge in [0.2, 0.25) is 5.91 Å². The molecule has 0 spiro atoms. The largest absolute Gasteiger partial charge is 0.444 e. The maximum Gasteiger partial charge on any atom is 0.407 e. The first-order valence-electron chi connectivity index (χ1n) is 5.66. The van der Waals surface area contributed by atoms with Crippen molar-refractivity contribution in [1.82, 2.24) is 5.32 Å². The molecule has 0 unspecified atom stereocenters. The van der Waals surface area contributed by atoms with Gasteiger partial charge in [-0.2, -0.15) is 0 Å². The molecule has 1 fully saturated rings. The number of primary amides is 1. The van der Waals surface area contributed by atoms with Crippen molar-refractivity contribution >= 4 is 12.0 Å². The molecule has 17 heavy (non-hydrogen) atoms. The van der Waals surface area contributed by atoms with Gasteiger partial charge in [0.05, 0.1) is 12.1 Å². The summed E-state index contributed by atoms with van der Waals surface area (Å²) in [6.45, 7) is 5.26. The van der Waals surface area contributed by atoms with Crippen LogP contribution < -0.4 is 11.1 Å². The SMILES string of the molecule is CC(C)(C)OC(=O)N[C@@H]1C[C@@H](C(N)=O)C[C@H]1O. The second-order valence-electron chi connectivity index (χ2n) is 5.39. The van der Waals surface area contributed by atoms with Gasteiger partial charge in [0, 0.05) is 5.92 Å². The van der Waals surface area contributed by atoms with Gasteiger partial charge in [-0.15, -0.1) is 0 Å². The van der Waals surface area contributed by atoms with E-state index in [1.54, 1.807) is 20.8 Å². The summed E-state index contributed by atoms with van der Waals surface area (Å²) in [6.07, 6.45) is -0.697. The minimum Gasteiger partial charge on any atom is -0.444 e. The molecule has 6 nitrogen and oxygen atoms in total. The third kappa shape index (κ3) is 4.22. The van der Waals surface area contributed by atoms with E-state index in [-0.39, 0.29) is 12.3 Å². The van der Waals surface area contributed by atoms with Crippen LogP contribution in [0.15, 0.2) is 0 Å². The van der Waals surface area contributed by atoms with Crippen molar-refractivity contribution in [1.29, 1.82) is 0 Å². The van der Waals surface area contributed by atoms with Crippen LogP contribution in [0.2, 0.25) is 0 Å². The molecule has 0 aromatic heterocycles. The van der Waals surface area contributed by atoms with Gasteiger partial charge < -0.3 is 20.9 Å². The third-order valence-electron chi connectivity index (χ3n) is 2.63. The van der Waals surface area contributed by atoms with E-state index in [0.29, 0.717) is 6.42 Å². The van der Waals surface area contributed by atoms with Crippen LogP contribution in [0.5, 0.6) is 0 Å². The Bertz CT molecular complexity index is 311. The fourth-order valence-electron chi connectivity index (χ4n) is 1.86. The molecular weight excluding hydrogens is 224 g/mol. The Kier molecular flexibility index (Phi) is 3.98. The third-order valence-corrected chi connectivity index (χ3v) is 2.63. The van der Waals surface area contributed by atoms with Crippen molar-refractivity contribution in [2.45, 2.75) is 51.4 Å². The monoisotopic (exact) mass is 244 g/mol. The molecule has 0 aromatic rings. The van der Waals surface area contributed by atoms with Crippen LogP contribution in [0, 0.1) is 5.92 Å². The lowest BCUT2D eigenvalue weighted by atomic mass is 10.1. The molecule has 2 amide bonds. The average molecular weight is 244 g/mol. The van der Waals surface area contributed by atoms with Gasteiger partial charge in [0.15, 0.2) is 0 Å². The van der Waals surface area contributed by atoms with Gasteiger partial charge in [0.1, 0.15) is 5.60 Å². The van der Waals surface area contributed by atoms with Crippen LogP contribution in [0.4, 0.5) is 4.79 Å². The minimum absolute atomic E-state index is 0.287. The van der Waals surface area contributed by atoms with E-state index in [0.717, 1.165) is 0 Å². The van der Waals surface area contributed by atoms with E-state index in [1.807, 2.05) is 0 Å². The van der Waals surface area contributed by atoms with Gasteiger partial charge in [-0.3, -0.25) is 4.79 Å². The molecule has 0 saturated heterocycles. The van der Waals surface area contributed by atoms with Crippen LogP contribution in [-0.2, 0) is 9.53 Å². The first-order valence-corrected chi connectivity index (χ1v) is 5.66. The predicted octanol–water partition coefficient (Wildman–Crippen LogP) is 0.136. The smallest absolute Gasteiger partial charge is 0.407 e. The Balaban J connectivity index is 2.47. The fourth-order valence-corrected chi connectivity index (χ4v) is 1.86. The Hall–Kier alpha value is -1.30. The molecule has 1 rings (SSSR count). The standard InChI is InChI=1S/C11H20N2O4/c1-11(2,3)17-10(16)13-7-4-6(9(12)15)5-8(7)14/h6-8,14H,4-5H2,1-3H3,(H2,12,15)(H,13,16)/t6-,7-,8-/m1/s1. The normalized spacial score (nSPS) is 28.8. The number of amides is 2. The quantitative estimate of drug-likeness (QED) is 0.642. The fraction of sp³-hybridized carbons (Fsp3) is 0.818. The zero-order valence-corrected chi connectivity index (χ0v) is 10.4. The summed E-state index contributed by atoms with van der Waals surface area (Å²) in [5, 5.41) is 12.2. The van der Waals surface area contributed by atoms with Gasteiger partial charge >= 0.3 is 6.09 Å². The van der Waals surface area contributed by atoms with E-state index in [9.17, 15) is 14.7 Å². The summed E-state index contributed by atoms with van der Waals surface area (Å²) < 4.78 is 5.07. The molecule has 0 aromatic carbocycles. The zero-order valence-electron chi connectivity index (χ0n) is 10.4. The Morgan fingerprint density at radius 2 is 1.94 bits per heavy atom. The predicted molar refractivity (Wildman–Crippen MR) is 61.1 cm³/mol. The molecule has 1 aliphatic carbocycles. The van der Waals surface area contributed by atoms with Gasteiger partial charge in [-0.25, -0.2) is 4.79 Å². The number of ether oxygens (including phenoxy) is 1. The second-order valence-corrected chi connectivity index (χ2v) is 5.39. The lowest BCUT2D eigenvalue weighted by Gasteiger charge is -2.22. The number of alkyl carbamates (subject to hydrolysis) is 1. The molecule has 4 N–H and O–H groups in total. The molecule has 0 heterocycles. The van der Waals surface area contributed by atoms with Gasteiger partial charge in [0.25, 0.3) is 0 Å². The molecule has 6 heteroatoms. The van der Waals surface area contributed by atoms with Crippen molar-refractivity contribution in [3.63, 3.8) is 0 Å².